The number of hydrogen-bond acceptors (Lipinski definition) is 7. The largest absolute Gasteiger partial charge is 0.464 e. The number of fused-ring (bicyclic) bond motifs is 1. The summed E-state index contributed by atoms with van der Waals surface area (Å²) < 4.78 is 52.6. The van der Waals surface area contributed by atoms with Gasteiger partial charge in [-0.25, -0.2) is 14.8 Å². The Kier molecular flexibility index (Phi) is 7.43. The summed E-state index contributed by atoms with van der Waals surface area (Å²) >= 11 is 0. The Balaban J connectivity index is 1.61. The molecule has 0 spiro atoms. The predicted molar refractivity (Wildman–Crippen MR) is 134 cm³/mol. The van der Waals surface area contributed by atoms with Crippen molar-refractivity contribution in [2.24, 2.45) is 0 Å². The highest BCUT2D eigenvalue weighted by Gasteiger charge is 2.38. The molecule has 202 valence electrons. The van der Waals surface area contributed by atoms with Crippen molar-refractivity contribution < 1.29 is 27.4 Å². The SMILES string of the molecule is CCOc1ncc(N2CCc3c(C(F)(F)F)ccc(N4CCN(C(=O)OC(C)(C)C)C(C)C4)c3C2)cn1. The van der Waals surface area contributed by atoms with Crippen LogP contribution in [-0.4, -0.2) is 65.4 Å². The molecule has 4 rings (SSSR count). The van der Waals surface area contributed by atoms with Gasteiger partial charge in [-0.3, -0.25) is 0 Å². The summed E-state index contributed by atoms with van der Waals surface area (Å²) in [7, 11) is 0. The molecule has 0 N–H and O–H groups in total. The number of amides is 1. The Hall–Kier alpha value is -3.24. The molecule has 2 aliphatic heterocycles. The number of carbonyl (C=O) groups excluding carboxylic acids is 1. The minimum Gasteiger partial charge on any atom is -0.464 e. The standard InChI is InChI=1S/C26H34F3N5O3/c1-6-36-23-30-13-18(14-31-23)32-10-9-19-20(16-32)22(8-7-21(19)26(27,28)29)33-11-12-34(17(2)15-33)24(35)37-25(3,4)5/h7-8,13-14,17H,6,9-12,15-16H2,1-5H3. The molecule has 2 aliphatic rings. The van der Waals surface area contributed by atoms with Gasteiger partial charge in [0.05, 0.1) is 30.3 Å². The number of aromatic nitrogens is 2. The summed E-state index contributed by atoms with van der Waals surface area (Å²) in [4.78, 5) is 26.8. The van der Waals surface area contributed by atoms with E-state index in [1.807, 2.05) is 39.5 Å². The molecule has 1 aromatic heterocycles. The number of hydrogen-bond donors (Lipinski definition) is 0. The fraction of sp³-hybridized carbons (Fsp3) is 0.577. The molecule has 0 aliphatic carbocycles. The molecular weight excluding hydrogens is 487 g/mol. The topological polar surface area (TPSA) is 71.0 Å². The van der Waals surface area contributed by atoms with Gasteiger partial charge in [-0.1, -0.05) is 0 Å². The monoisotopic (exact) mass is 521 g/mol. The van der Waals surface area contributed by atoms with E-state index in [4.69, 9.17) is 9.47 Å². The van der Waals surface area contributed by atoms with Gasteiger partial charge in [0.25, 0.3) is 0 Å². The van der Waals surface area contributed by atoms with Crippen molar-refractivity contribution in [3.05, 3.63) is 41.2 Å². The Morgan fingerprint density at radius 1 is 1.05 bits per heavy atom. The summed E-state index contributed by atoms with van der Waals surface area (Å²) in [5.74, 6) is 0. The van der Waals surface area contributed by atoms with Crippen LogP contribution < -0.4 is 14.5 Å². The third-order valence-electron chi connectivity index (χ3n) is 6.54. The minimum atomic E-state index is -4.43. The molecule has 3 heterocycles. The van der Waals surface area contributed by atoms with Crippen LogP contribution in [0.25, 0.3) is 0 Å². The van der Waals surface area contributed by atoms with E-state index in [9.17, 15) is 18.0 Å². The van der Waals surface area contributed by atoms with Gasteiger partial charge in [0.15, 0.2) is 0 Å². The van der Waals surface area contributed by atoms with Crippen LogP contribution >= 0.6 is 0 Å². The molecule has 1 aromatic carbocycles. The van der Waals surface area contributed by atoms with Crippen molar-refractivity contribution in [2.75, 3.05) is 42.6 Å². The van der Waals surface area contributed by atoms with Crippen LogP contribution in [0.5, 0.6) is 6.01 Å². The first-order valence-electron chi connectivity index (χ1n) is 12.5. The number of halogens is 3. The summed E-state index contributed by atoms with van der Waals surface area (Å²) in [5.41, 5.74) is 1.27. The van der Waals surface area contributed by atoms with Crippen LogP contribution in [0.15, 0.2) is 24.5 Å². The van der Waals surface area contributed by atoms with Crippen molar-refractivity contribution in [2.45, 2.75) is 65.4 Å². The minimum absolute atomic E-state index is 0.166. The molecule has 0 radical (unpaired) electrons. The Labute approximate surface area is 215 Å². The maximum atomic E-state index is 13.9. The highest BCUT2D eigenvalue weighted by atomic mass is 19.4. The maximum Gasteiger partial charge on any atom is 0.416 e. The first-order valence-corrected chi connectivity index (χ1v) is 12.5. The van der Waals surface area contributed by atoms with Crippen LogP contribution in [0.4, 0.5) is 29.3 Å². The molecule has 1 unspecified atom stereocenters. The molecule has 0 saturated carbocycles. The second kappa shape index (κ2) is 10.3. The summed E-state index contributed by atoms with van der Waals surface area (Å²) in [6.07, 6.45) is -1.29. The lowest BCUT2D eigenvalue weighted by molar-refractivity contribution is -0.138. The zero-order valence-electron chi connectivity index (χ0n) is 21.9. The average Bonchev–Trinajstić information content (AvgIpc) is 2.82. The van der Waals surface area contributed by atoms with Gasteiger partial charge in [-0.2, -0.15) is 13.2 Å². The van der Waals surface area contributed by atoms with Gasteiger partial charge in [0.1, 0.15) is 5.60 Å². The smallest absolute Gasteiger partial charge is 0.416 e. The number of ether oxygens (including phenoxy) is 2. The number of rotatable bonds is 4. The summed E-state index contributed by atoms with van der Waals surface area (Å²) in [6.45, 7) is 11.8. The molecule has 11 heteroatoms. The Morgan fingerprint density at radius 3 is 2.35 bits per heavy atom. The average molecular weight is 522 g/mol. The number of carbonyl (C=O) groups is 1. The fourth-order valence-corrected chi connectivity index (χ4v) is 4.89. The predicted octanol–water partition coefficient (Wildman–Crippen LogP) is 4.90. The molecule has 1 atom stereocenters. The van der Waals surface area contributed by atoms with Gasteiger partial charge in [-0.15, -0.1) is 0 Å². The molecule has 2 aromatic rings. The van der Waals surface area contributed by atoms with Crippen molar-refractivity contribution in [1.82, 2.24) is 14.9 Å². The quantitative estimate of drug-likeness (QED) is 0.567. The first kappa shape index (κ1) is 26.8. The van der Waals surface area contributed by atoms with E-state index in [-0.39, 0.29) is 24.6 Å². The number of benzene rings is 1. The Bertz CT molecular complexity index is 1120. The van der Waals surface area contributed by atoms with E-state index in [0.29, 0.717) is 50.5 Å². The Morgan fingerprint density at radius 2 is 1.76 bits per heavy atom. The van der Waals surface area contributed by atoms with Gasteiger partial charge in [0.2, 0.25) is 0 Å². The third-order valence-corrected chi connectivity index (χ3v) is 6.54. The number of anilines is 2. The number of alkyl halides is 3. The van der Waals surface area contributed by atoms with Crippen molar-refractivity contribution >= 4 is 17.5 Å². The van der Waals surface area contributed by atoms with Gasteiger partial charge in [-0.05, 0) is 64.3 Å². The van der Waals surface area contributed by atoms with Crippen LogP contribution in [0.2, 0.25) is 0 Å². The lowest BCUT2D eigenvalue weighted by Crippen LogP contribution is -2.55. The van der Waals surface area contributed by atoms with Crippen LogP contribution in [-0.2, 0) is 23.9 Å². The van der Waals surface area contributed by atoms with E-state index >= 15 is 0 Å². The van der Waals surface area contributed by atoms with E-state index in [1.165, 1.54) is 6.07 Å². The van der Waals surface area contributed by atoms with Gasteiger partial charge in [0, 0.05) is 44.5 Å². The van der Waals surface area contributed by atoms with Gasteiger partial charge >= 0.3 is 18.3 Å². The molecule has 1 amide bonds. The lowest BCUT2D eigenvalue weighted by Gasteiger charge is -2.43. The van der Waals surface area contributed by atoms with Gasteiger partial charge < -0.3 is 24.2 Å². The molecule has 1 fully saturated rings. The van der Waals surface area contributed by atoms with Crippen molar-refractivity contribution in [3.63, 3.8) is 0 Å². The lowest BCUT2D eigenvalue weighted by atomic mass is 9.91. The highest BCUT2D eigenvalue weighted by molar-refractivity contribution is 5.70. The van der Waals surface area contributed by atoms with Crippen molar-refractivity contribution in [1.29, 1.82) is 0 Å². The first-order chi connectivity index (χ1) is 17.4. The van der Waals surface area contributed by atoms with E-state index in [2.05, 4.69) is 14.9 Å². The fourth-order valence-electron chi connectivity index (χ4n) is 4.89. The number of nitrogens with zero attached hydrogens (tertiary/aromatic N) is 5. The molecule has 8 nitrogen and oxygen atoms in total. The van der Waals surface area contributed by atoms with Crippen LogP contribution in [0, 0.1) is 0 Å². The second-order valence-corrected chi connectivity index (χ2v) is 10.4. The molecule has 37 heavy (non-hydrogen) atoms. The number of piperazine rings is 1. The molecule has 0 bridgehead atoms. The summed E-state index contributed by atoms with van der Waals surface area (Å²) in [6, 6.07) is 2.85. The third kappa shape index (κ3) is 6.02. The summed E-state index contributed by atoms with van der Waals surface area (Å²) in [5, 5.41) is 0. The van der Waals surface area contributed by atoms with Crippen LogP contribution in [0.1, 0.15) is 51.3 Å². The van der Waals surface area contributed by atoms with E-state index in [1.54, 1.807) is 23.4 Å². The zero-order valence-corrected chi connectivity index (χ0v) is 21.9. The zero-order chi connectivity index (χ0) is 27.0. The normalized spacial score (nSPS) is 18.5. The highest BCUT2D eigenvalue weighted by Crippen LogP contribution is 2.40. The molecular formula is C26H34F3N5O3. The molecule has 1 saturated heterocycles. The van der Waals surface area contributed by atoms with Crippen molar-refractivity contribution in [3.8, 4) is 6.01 Å². The van der Waals surface area contributed by atoms with E-state index in [0.717, 1.165) is 11.4 Å². The van der Waals surface area contributed by atoms with E-state index < -0.39 is 17.3 Å². The maximum absolute atomic E-state index is 13.9. The second-order valence-electron chi connectivity index (χ2n) is 10.4. The van der Waals surface area contributed by atoms with Crippen LogP contribution in [0.3, 0.4) is 0 Å².